The summed E-state index contributed by atoms with van der Waals surface area (Å²) in [5.74, 6) is -0.188. The molecule has 1 heterocycles. The fraction of sp³-hybridized carbons (Fsp3) is 0.500. The second-order valence-electron chi connectivity index (χ2n) is 4.49. The molecular weight excluding hydrogens is 264 g/mol. The van der Waals surface area contributed by atoms with Crippen LogP contribution in [0.15, 0.2) is 24.3 Å². The Bertz CT molecular complexity index is 416. The molecule has 1 N–H and O–H groups in total. The molecule has 1 aromatic carbocycles. The zero-order chi connectivity index (χ0) is 13.7. The van der Waals surface area contributed by atoms with Gasteiger partial charge < -0.3 is 10.1 Å². The molecule has 1 fully saturated rings. The minimum atomic E-state index is -0.334. The van der Waals surface area contributed by atoms with Crippen molar-refractivity contribution < 1.29 is 9.53 Å². The molecule has 0 bridgehead atoms. The quantitative estimate of drug-likeness (QED) is 0.856. The van der Waals surface area contributed by atoms with Gasteiger partial charge in [0.2, 0.25) is 0 Å². The Morgan fingerprint density at radius 3 is 2.58 bits per heavy atom. The molecule has 0 aromatic heterocycles. The monoisotopic (exact) mass is 282 g/mol. The van der Waals surface area contributed by atoms with Crippen LogP contribution in [0, 0.1) is 0 Å². The van der Waals surface area contributed by atoms with Crippen molar-refractivity contribution in [3.63, 3.8) is 0 Å². The first-order valence-corrected chi connectivity index (χ1v) is 6.97. The summed E-state index contributed by atoms with van der Waals surface area (Å²) in [6.07, 6.45) is 0. The van der Waals surface area contributed by atoms with Crippen LogP contribution in [0.25, 0.3) is 0 Å². The number of hydrogen-bond donors (Lipinski definition) is 1. The van der Waals surface area contributed by atoms with Gasteiger partial charge in [-0.3, -0.25) is 4.90 Å². The van der Waals surface area contributed by atoms with Crippen molar-refractivity contribution in [3.8, 4) is 0 Å². The van der Waals surface area contributed by atoms with E-state index in [-0.39, 0.29) is 12.0 Å². The van der Waals surface area contributed by atoms with Crippen LogP contribution in [0.2, 0.25) is 5.02 Å². The van der Waals surface area contributed by atoms with Gasteiger partial charge in [0.25, 0.3) is 0 Å². The summed E-state index contributed by atoms with van der Waals surface area (Å²) in [4.78, 5) is 14.4. The molecule has 0 saturated carbocycles. The van der Waals surface area contributed by atoms with Crippen LogP contribution >= 0.6 is 11.6 Å². The molecule has 1 aliphatic heterocycles. The molecule has 4 nitrogen and oxygen atoms in total. The third kappa shape index (κ3) is 3.69. The predicted molar refractivity (Wildman–Crippen MR) is 75.3 cm³/mol. The smallest absolute Gasteiger partial charge is 0.328 e. The highest BCUT2D eigenvalue weighted by Crippen LogP contribution is 2.24. The van der Waals surface area contributed by atoms with Crippen LogP contribution in [0.3, 0.4) is 0 Å². The summed E-state index contributed by atoms with van der Waals surface area (Å²) in [5, 5.41) is 3.96. The molecule has 1 unspecified atom stereocenters. The van der Waals surface area contributed by atoms with Crippen molar-refractivity contribution in [1.29, 1.82) is 0 Å². The first-order chi connectivity index (χ1) is 9.22. The number of hydrogen-bond acceptors (Lipinski definition) is 4. The van der Waals surface area contributed by atoms with E-state index in [0.29, 0.717) is 11.6 Å². The largest absolute Gasteiger partial charge is 0.465 e. The highest BCUT2D eigenvalue weighted by molar-refractivity contribution is 6.30. The van der Waals surface area contributed by atoms with E-state index in [1.807, 2.05) is 31.2 Å². The number of piperazine rings is 1. The second-order valence-corrected chi connectivity index (χ2v) is 4.93. The molecule has 5 heteroatoms. The Balaban J connectivity index is 2.22. The number of esters is 1. The van der Waals surface area contributed by atoms with E-state index in [0.717, 1.165) is 31.7 Å². The SMILES string of the molecule is CCOC(=O)C(c1ccc(Cl)cc1)N1CCNCC1. The molecule has 1 atom stereocenters. The lowest BCUT2D eigenvalue weighted by molar-refractivity contribution is -0.150. The van der Waals surface area contributed by atoms with Gasteiger partial charge in [-0.2, -0.15) is 0 Å². The van der Waals surface area contributed by atoms with Gasteiger partial charge in [-0.25, -0.2) is 4.79 Å². The van der Waals surface area contributed by atoms with Crippen LogP contribution in [-0.2, 0) is 9.53 Å². The van der Waals surface area contributed by atoms with Crippen LogP contribution in [-0.4, -0.2) is 43.7 Å². The Morgan fingerprint density at radius 2 is 2.00 bits per heavy atom. The lowest BCUT2D eigenvalue weighted by Crippen LogP contribution is -2.47. The molecule has 0 radical (unpaired) electrons. The number of benzene rings is 1. The maximum Gasteiger partial charge on any atom is 0.328 e. The average Bonchev–Trinajstić information content (AvgIpc) is 2.43. The minimum absolute atomic E-state index is 0.188. The van der Waals surface area contributed by atoms with Crippen molar-refractivity contribution in [2.75, 3.05) is 32.8 Å². The summed E-state index contributed by atoms with van der Waals surface area (Å²) in [5.41, 5.74) is 0.935. The first-order valence-electron chi connectivity index (χ1n) is 6.59. The number of carbonyl (C=O) groups excluding carboxylic acids is 1. The number of carbonyl (C=O) groups is 1. The summed E-state index contributed by atoms with van der Waals surface area (Å²) in [6.45, 7) is 5.69. The minimum Gasteiger partial charge on any atom is -0.465 e. The Hall–Kier alpha value is -1.10. The zero-order valence-corrected chi connectivity index (χ0v) is 11.8. The highest BCUT2D eigenvalue weighted by Gasteiger charge is 2.29. The van der Waals surface area contributed by atoms with Crippen LogP contribution < -0.4 is 5.32 Å². The Labute approximate surface area is 118 Å². The third-order valence-electron chi connectivity index (χ3n) is 3.21. The van der Waals surface area contributed by atoms with E-state index >= 15 is 0 Å². The molecular formula is C14H19ClN2O2. The van der Waals surface area contributed by atoms with Crippen molar-refractivity contribution in [2.45, 2.75) is 13.0 Å². The molecule has 1 aromatic rings. The topological polar surface area (TPSA) is 41.6 Å². The predicted octanol–water partition coefficient (Wildman–Crippen LogP) is 1.85. The van der Waals surface area contributed by atoms with Gasteiger partial charge in [-0.05, 0) is 24.6 Å². The third-order valence-corrected chi connectivity index (χ3v) is 3.46. The second kappa shape index (κ2) is 6.89. The number of halogens is 1. The number of rotatable bonds is 4. The fourth-order valence-corrected chi connectivity index (χ4v) is 2.43. The van der Waals surface area contributed by atoms with E-state index in [9.17, 15) is 4.79 Å². The van der Waals surface area contributed by atoms with E-state index in [1.165, 1.54) is 0 Å². The van der Waals surface area contributed by atoms with Crippen LogP contribution in [0.1, 0.15) is 18.5 Å². The summed E-state index contributed by atoms with van der Waals surface area (Å²) in [6, 6.07) is 7.08. The maximum atomic E-state index is 12.2. The Morgan fingerprint density at radius 1 is 1.37 bits per heavy atom. The number of ether oxygens (including phenoxy) is 1. The van der Waals surface area contributed by atoms with E-state index in [1.54, 1.807) is 0 Å². The Kier molecular flexibility index (Phi) is 5.19. The number of nitrogens with zero attached hydrogens (tertiary/aromatic N) is 1. The van der Waals surface area contributed by atoms with Gasteiger partial charge in [0, 0.05) is 31.2 Å². The first kappa shape index (κ1) is 14.3. The highest BCUT2D eigenvalue weighted by atomic mass is 35.5. The van der Waals surface area contributed by atoms with E-state index < -0.39 is 0 Å². The molecule has 19 heavy (non-hydrogen) atoms. The van der Waals surface area contributed by atoms with Crippen molar-refractivity contribution in [2.24, 2.45) is 0 Å². The summed E-state index contributed by atoms with van der Waals surface area (Å²) >= 11 is 5.90. The van der Waals surface area contributed by atoms with Crippen LogP contribution in [0.4, 0.5) is 0 Å². The average molecular weight is 283 g/mol. The molecule has 0 spiro atoms. The summed E-state index contributed by atoms with van der Waals surface area (Å²) in [7, 11) is 0. The lowest BCUT2D eigenvalue weighted by Gasteiger charge is -2.33. The normalized spacial score (nSPS) is 18.0. The lowest BCUT2D eigenvalue weighted by atomic mass is 10.0. The molecule has 0 amide bonds. The van der Waals surface area contributed by atoms with Gasteiger partial charge in [-0.1, -0.05) is 23.7 Å². The van der Waals surface area contributed by atoms with Crippen molar-refractivity contribution >= 4 is 17.6 Å². The molecule has 1 aliphatic rings. The molecule has 1 saturated heterocycles. The number of nitrogens with one attached hydrogen (secondary N) is 1. The van der Waals surface area contributed by atoms with Gasteiger partial charge in [-0.15, -0.1) is 0 Å². The maximum absolute atomic E-state index is 12.2. The molecule has 104 valence electrons. The standard InChI is InChI=1S/C14H19ClN2O2/c1-2-19-14(18)13(17-9-7-16-8-10-17)11-3-5-12(15)6-4-11/h3-6,13,16H,2,7-10H2,1H3. The van der Waals surface area contributed by atoms with Crippen LogP contribution in [0.5, 0.6) is 0 Å². The van der Waals surface area contributed by atoms with Gasteiger partial charge in [0.1, 0.15) is 6.04 Å². The molecule has 2 rings (SSSR count). The zero-order valence-electron chi connectivity index (χ0n) is 11.1. The summed E-state index contributed by atoms with van der Waals surface area (Å²) < 4.78 is 5.21. The van der Waals surface area contributed by atoms with Crippen molar-refractivity contribution in [1.82, 2.24) is 10.2 Å². The van der Waals surface area contributed by atoms with Gasteiger partial charge >= 0.3 is 5.97 Å². The van der Waals surface area contributed by atoms with Gasteiger partial charge in [0.15, 0.2) is 0 Å². The fourth-order valence-electron chi connectivity index (χ4n) is 2.30. The van der Waals surface area contributed by atoms with E-state index in [2.05, 4.69) is 10.2 Å². The van der Waals surface area contributed by atoms with Gasteiger partial charge in [0.05, 0.1) is 6.61 Å². The van der Waals surface area contributed by atoms with E-state index in [4.69, 9.17) is 16.3 Å². The molecule has 0 aliphatic carbocycles. The van der Waals surface area contributed by atoms with Crippen molar-refractivity contribution in [3.05, 3.63) is 34.9 Å².